The Morgan fingerprint density at radius 1 is 1.13 bits per heavy atom. The number of likely N-dealkylation sites (tertiary alicyclic amines) is 1. The van der Waals surface area contributed by atoms with E-state index in [1.54, 1.807) is 0 Å². The van der Waals surface area contributed by atoms with Crippen molar-refractivity contribution < 1.29 is 42.5 Å². The van der Waals surface area contributed by atoms with Crippen LogP contribution >= 0.6 is 0 Å². The van der Waals surface area contributed by atoms with Crippen LogP contribution in [-0.4, -0.2) is 36.1 Å². The molecular weight excluding hydrogens is 314 g/mol. The molecule has 1 aromatic rings. The minimum Gasteiger partial charge on any atom is -0.478 e. The zero-order valence-electron chi connectivity index (χ0n) is 13.5. The zero-order chi connectivity index (χ0) is 15.2. The summed E-state index contributed by atoms with van der Waals surface area (Å²) in [5.41, 5.74) is 1.93. The topological polar surface area (TPSA) is 37.4 Å². The molecular formula is C18H25ArN3O. The van der Waals surface area contributed by atoms with Gasteiger partial charge in [-0.1, -0.05) is 13.0 Å². The third kappa shape index (κ3) is 5.79. The number of rotatable bonds is 6. The van der Waals surface area contributed by atoms with E-state index in [-0.39, 0.29) is 37.7 Å². The number of pyridine rings is 1. The number of fused-ring (bicyclic) bond motifs is 1. The van der Waals surface area contributed by atoms with Crippen molar-refractivity contribution >= 4 is 11.9 Å². The second-order valence-corrected chi connectivity index (χ2v) is 6.03. The van der Waals surface area contributed by atoms with Crippen LogP contribution in [0.15, 0.2) is 30.5 Å². The van der Waals surface area contributed by atoms with Crippen molar-refractivity contribution in [3.8, 4) is 5.88 Å². The summed E-state index contributed by atoms with van der Waals surface area (Å²) in [7, 11) is 0. The van der Waals surface area contributed by atoms with Gasteiger partial charge in [-0.05, 0) is 63.5 Å². The quantitative estimate of drug-likeness (QED) is 0.803. The van der Waals surface area contributed by atoms with Crippen molar-refractivity contribution in [3.05, 3.63) is 36.0 Å². The van der Waals surface area contributed by atoms with E-state index < -0.39 is 0 Å². The molecule has 4 nitrogen and oxygen atoms in total. The van der Waals surface area contributed by atoms with E-state index in [1.165, 1.54) is 45.3 Å². The maximum Gasteiger partial charge on any atom is 0.215 e. The predicted octanol–water partition coefficient (Wildman–Crippen LogP) is 3.68. The number of hydrogen-bond donors (Lipinski definition) is 1. The maximum atomic E-state index is 5.77. The van der Waals surface area contributed by atoms with E-state index >= 15 is 0 Å². The molecule has 0 saturated carbocycles. The number of nitrogens with zero attached hydrogens (tertiary/aromatic N) is 2. The second-order valence-electron chi connectivity index (χ2n) is 6.03. The Kier molecular flexibility index (Phi) is 7.90. The number of ether oxygens (including phenoxy) is 1. The minimum atomic E-state index is 0. The maximum absolute atomic E-state index is 5.77. The summed E-state index contributed by atoms with van der Waals surface area (Å²) in [6.07, 6.45) is 10.4. The molecule has 1 N–H and O–H groups in total. The van der Waals surface area contributed by atoms with Crippen molar-refractivity contribution in [2.24, 2.45) is 0 Å². The zero-order valence-corrected chi connectivity index (χ0v) is 14.2. The normalized spacial score (nSPS) is 17.1. The van der Waals surface area contributed by atoms with Gasteiger partial charge in [0.1, 0.15) is 5.82 Å². The van der Waals surface area contributed by atoms with Gasteiger partial charge >= 0.3 is 0 Å². The van der Waals surface area contributed by atoms with Crippen LogP contribution in [0.1, 0.15) is 37.7 Å². The van der Waals surface area contributed by atoms with Crippen molar-refractivity contribution in [1.29, 1.82) is 0 Å². The largest absolute Gasteiger partial charge is 0.478 e. The monoisotopic (exact) mass is 339 g/mol. The molecule has 23 heavy (non-hydrogen) atoms. The summed E-state index contributed by atoms with van der Waals surface area (Å²) in [6, 6.07) is 3.96. The van der Waals surface area contributed by atoms with Crippen LogP contribution in [0.5, 0.6) is 5.88 Å². The summed E-state index contributed by atoms with van der Waals surface area (Å²) < 4.78 is 5.77. The predicted molar refractivity (Wildman–Crippen MR) is 91.1 cm³/mol. The van der Waals surface area contributed by atoms with E-state index in [0.29, 0.717) is 5.88 Å². The van der Waals surface area contributed by atoms with Crippen LogP contribution in [0.4, 0.5) is 5.82 Å². The van der Waals surface area contributed by atoms with Gasteiger partial charge in [0.25, 0.3) is 0 Å². The third-order valence-corrected chi connectivity index (χ3v) is 4.21. The molecule has 3 rings (SSSR count). The first-order chi connectivity index (χ1) is 10.8. The first kappa shape index (κ1) is 18.8. The first-order valence-electron chi connectivity index (χ1n) is 8.31. The molecule has 0 atom stereocenters. The van der Waals surface area contributed by atoms with E-state index in [4.69, 9.17) is 4.74 Å². The van der Waals surface area contributed by atoms with Gasteiger partial charge in [0.2, 0.25) is 5.88 Å². The molecule has 2 aliphatic rings. The molecule has 3 heterocycles. The molecule has 0 unspecified atom stereocenters. The molecule has 1 aromatic heterocycles. The summed E-state index contributed by atoms with van der Waals surface area (Å²) in [6.45, 7) is 8.37. The summed E-state index contributed by atoms with van der Waals surface area (Å²) in [4.78, 5) is 7.07. The molecule has 1 fully saturated rings. The molecule has 126 valence electrons. The Morgan fingerprint density at radius 2 is 1.96 bits per heavy atom. The van der Waals surface area contributed by atoms with Crippen molar-refractivity contribution in [1.82, 2.24) is 9.88 Å². The van der Waals surface area contributed by atoms with E-state index in [0.717, 1.165) is 30.1 Å². The Labute approximate surface area is 169 Å². The van der Waals surface area contributed by atoms with Crippen molar-refractivity contribution in [3.63, 3.8) is 0 Å². The first-order valence-corrected chi connectivity index (χ1v) is 8.31. The Morgan fingerprint density at radius 3 is 2.78 bits per heavy atom. The van der Waals surface area contributed by atoms with Crippen molar-refractivity contribution in [2.45, 2.75) is 32.1 Å². The van der Waals surface area contributed by atoms with Gasteiger partial charge in [0.05, 0.1) is 6.61 Å². The van der Waals surface area contributed by atoms with Crippen LogP contribution in [-0.2, 0) is 0 Å². The van der Waals surface area contributed by atoms with Crippen molar-refractivity contribution in [2.75, 3.05) is 31.6 Å². The van der Waals surface area contributed by atoms with Crippen LogP contribution in [0, 0.1) is 37.7 Å². The average molecular weight is 339 g/mol. The molecule has 5 heteroatoms. The van der Waals surface area contributed by atoms with Crippen LogP contribution in [0.3, 0.4) is 0 Å². The number of allylic oxidation sites excluding steroid dienone is 1. The van der Waals surface area contributed by atoms with E-state index in [9.17, 15) is 0 Å². The standard InChI is InChI=1S/C18H25N3O.Ar/c1-15-7-8-16-9-10-17(20-18(16)19-15)22-14-6-5-13-21-11-3-2-4-12-21;/h7-10H,1-6,11-14H2,(H,19,20);. The van der Waals surface area contributed by atoms with Crippen LogP contribution in [0.25, 0.3) is 6.08 Å². The number of hydrogen-bond acceptors (Lipinski definition) is 4. The van der Waals surface area contributed by atoms with Gasteiger partial charge in [-0.3, -0.25) is 0 Å². The van der Waals surface area contributed by atoms with Gasteiger partial charge in [0.15, 0.2) is 0 Å². The molecule has 0 aromatic carbocycles. The second kappa shape index (κ2) is 9.67. The summed E-state index contributed by atoms with van der Waals surface area (Å²) in [5, 5.41) is 3.17. The van der Waals surface area contributed by atoms with Crippen LogP contribution in [0.2, 0.25) is 0 Å². The Bertz CT molecular complexity index is 553. The molecule has 1 saturated heterocycles. The van der Waals surface area contributed by atoms with E-state index in [1.807, 2.05) is 24.3 Å². The fraction of sp³-hybridized carbons (Fsp3) is 0.500. The number of unbranched alkanes of at least 4 members (excludes halogenated alkanes) is 1. The molecule has 0 spiro atoms. The molecule has 2 aliphatic heterocycles. The SMILES string of the molecule is C=C1C=Cc2ccc(OCCCCN3CCCCC3)nc2N1.[Ar]. The number of nitrogens with one attached hydrogen (secondary N) is 1. The minimum absolute atomic E-state index is 0. The van der Waals surface area contributed by atoms with Gasteiger partial charge in [0, 0.05) is 55.1 Å². The average Bonchev–Trinajstić information content (AvgIpc) is 2.55. The number of aromatic nitrogens is 1. The fourth-order valence-corrected chi connectivity index (χ4v) is 2.95. The van der Waals surface area contributed by atoms with Gasteiger partial charge in [-0.2, -0.15) is 4.98 Å². The molecule has 0 radical (unpaired) electrons. The molecule has 0 aliphatic carbocycles. The fourth-order valence-electron chi connectivity index (χ4n) is 2.95. The third-order valence-electron chi connectivity index (χ3n) is 4.21. The van der Waals surface area contributed by atoms with Gasteiger partial charge in [-0.15, -0.1) is 0 Å². The Hall–Kier alpha value is -0.550. The summed E-state index contributed by atoms with van der Waals surface area (Å²) >= 11 is 0. The molecule has 0 amide bonds. The number of anilines is 1. The van der Waals surface area contributed by atoms with Gasteiger partial charge < -0.3 is 15.0 Å². The van der Waals surface area contributed by atoms with Gasteiger partial charge in [-0.25, -0.2) is 0 Å². The summed E-state index contributed by atoms with van der Waals surface area (Å²) in [5.74, 6) is 1.52. The smallest absolute Gasteiger partial charge is 0.215 e. The van der Waals surface area contributed by atoms with Crippen LogP contribution < -0.4 is 10.1 Å². The Balaban J connectivity index is 0.00000192. The molecule has 0 bridgehead atoms. The van der Waals surface area contributed by atoms with E-state index in [2.05, 4.69) is 21.8 Å². The number of piperidine rings is 1.